The summed E-state index contributed by atoms with van der Waals surface area (Å²) in [6.45, 7) is 6.31. The van der Waals surface area contributed by atoms with E-state index in [4.69, 9.17) is 0 Å². The minimum Gasteiger partial charge on any atom is -0.337 e. The number of hydrogen-bond acceptors (Lipinski definition) is 4. The second-order valence-electron chi connectivity index (χ2n) is 7.71. The first-order valence-corrected chi connectivity index (χ1v) is 10.9. The van der Waals surface area contributed by atoms with Crippen LogP contribution in [0, 0.1) is 6.92 Å². The summed E-state index contributed by atoms with van der Waals surface area (Å²) in [4.78, 5) is 15.0. The minimum atomic E-state index is 0.210. The molecule has 1 aliphatic carbocycles. The van der Waals surface area contributed by atoms with Crippen LogP contribution in [0.2, 0.25) is 0 Å². The topological polar surface area (TPSA) is 51.0 Å². The molecule has 0 saturated heterocycles. The van der Waals surface area contributed by atoms with Gasteiger partial charge in [-0.25, -0.2) is 0 Å². The molecule has 1 aliphatic rings. The first kappa shape index (κ1) is 19.9. The van der Waals surface area contributed by atoms with Crippen molar-refractivity contribution in [1.82, 2.24) is 19.7 Å². The van der Waals surface area contributed by atoms with Crippen molar-refractivity contribution in [2.75, 3.05) is 5.75 Å². The first-order valence-electron chi connectivity index (χ1n) is 9.87. The molecule has 27 heavy (non-hydrogen) atoms. The highest BCUT2D eigenvalue weighted by molar-refractivity contribution is 7.99. The Bertz CT molecular complexity index is 780. The number of amides is 1. The summed E-state index contributed by atoms with van der Waals surface area (Å²) in [5.41, 5.74) is 2.24. The predicted molar refractivity (Wildman–Crippen MR) is 111 cm³/mol. The van der Waals surface area contributed by atoms with Gasteiger partial charge >= 0.3 is 0 Å². The summed E-state index contributed by atoms with van der Waals surface area (Å²) < 4.78 is 1.98. The zero-order chi connectivity index (χ0) is 19.4. The van der Waals surface area contributed by atoms with Crippen LogP contribution >= 0.6 is 11.8 Å². The monoisotopic (exact) mass is 386 g/mol. The molecular formula is C21H30N4OS. The third-order valence-corrected chi connectivity index (χ3v) is 6.25. The van der Waals surface area contributed by atoms with Crippen molar-refractivity contribution in [3.05, 3.63) is 29.8 Å². The molecule has 1 aromatic heterocycles. The molecule has 0 unspecified atom stereocenters. The maximum Gasteiger partial charge on any atom is 0.233 e. The van der Waals surface area contributed by atoms with Gasteiger partial charge in [0.2, 0.25) is 5.91 Å². The molecule has 0 atom stereocenters. The van der Waals surface area contributed by atoms with Crippen molar-refractivity contribution in [3.8, 4) is 11.4 Å². The van der Waals surface area contributed by atoms with Crippen LogP contribution < -0.4 is 0 Å². The van der Waals surface area contributed by atoms with E-state index in [0.717, 1.165) is 29.4 Å². The molecule has 0 spiro atoms. The molecule has 0 aliphatic heterocycles. The van der Waals surface area contributed by atoms with Crippen LogP contribution in [0.15, 0.2) is 29.4 Å². The van der Waals surface area contributed by atoms with Crippen molar-refractivity contribution < 1.29 is 4.79 Å². The van der Waals surface area contributed by atoms with Gasteiger partial charge in [-0.05, 0) is 39.7 Å². The highest BCUT2D eigenvalue weighted by atomic mass is 32.2. The summed E-state index contributed by atoms with van der Waals surface area (Å²) in [6.07, 6.45) is 6.03. The highest BCUT2D eigenvalue weighted by Crippen LogP contribution is 2.27. The summed E-state index contributed by atoms with van der Waals surface area (Å²) in [6, 6.07) is 8.88. The van der Waals surface area contributed by atoms with Gasteiger partial charge < -0.3 is 9.47 Å². The summed E-state index contributed by atoms with van der Waals surface area (Å²) in [5.74, 6) is 1.46. The standard InChI is InChI=1S/C21H30N4OS/c1-15(2)25(18-11-6-5-7-12-18)19(26)14-27-21-23-22-20(24(21)4)17-10-8-9-16(3)13-17/h8-10,13,15,18H,5-7,11-12,14H2,1-4H3. The van der Waals surface area contributed by atoms with E-state index in [1.54, 1.807) is 0 Å². The second kappa shape index (κ2) is 8.91. The van der Waals surface area contributed by atoms with Crippen molar-refractivity contribution in [2.45, 2.75) is 70.1 Å². The molecule has 6 heteroatoms. The van der Waals surface area contributed by atoms with E-state index >= 15 is 0 Å². The Morgan fingerprint density at radius 2 is 2.00 bits per heavy atom. The summed E-state index contributed by atoms with van der Waals surface area (Å²) in [5, 5.41) is 9.44. The lowest BCUT2D eigenvalue weighted by molar-refractivity contribution is -0.133. The third-order valence-electron chi connectivity index (χ3n) is 5.25. The van der Waals surface area contributed by atoms with Crippen LogP contribution in [-0.4, -0.2) is 43.4 Å². The van der Waals surface area contributed by atoms with Crippen molar-refractivity contribution in [2.24, 2.45) is 7.05 Å². The fourth-order valence-corrected chi connectivity index (χ4v) is 4.73. The van der Waals surface area contributed by atoms with E-state index in [1.807, 2.05) is 23.7 Å². The summed E-state index contributed by atoms with van der Waals surface area (Å²) in [7, 11) is 1.96. The Morgan fingerprint density at radius 3 is 2.67 bits per heavy atom. The maximum absolute atomic E-state index is 12.9. The molecule has 1 saturated carbocycles. The Morgan fingerprint density at radius 1 is 1.26 bits per heavy atom. The molecule has 1 aromatic carbocycles. The third kappa shape index (κ3) is 4.72. The van der Waals surface area contributed by atoms with Gasteiger partial charge in [0, 0.05) is 24.7 Å². The predicted octanol–water partition coefficient (Wildman–Crippen LogP) is 4.45. The molecule has 1 fully saturated rings. The lowest BCUT2D eigenvalue weighted by Crippen LogP contribution is -2.46. The molecule has 0 N–H and O–H groups in total. The van der Waals surface area contributed by atoms with Crippen molar-refractivity contribution >= 4 is 17.7 Å². The van der Waals surface area contributed by atoms with Crippen LogP contribution in [0.3, 0.4) is 0 Å². The number of carbonyl (C=O) groups is 1. The second-order valence-corrected chi connectivity index (χ2v) is 8.65. The van der Waals surface area contributed by atoms with Gasteiger partial charge in [0.1, 0.15) is 0 Å². The molecule has 1 amide bonds. The number of carbonyl (C=O) groups excluding carboxylic acids is 1. The number of rotatable bonds is 6. The molecule has 2 aromatic rings. The van der Waals surface area contributed by atoms with Crippen LogP contribution in [0.4, 0.5) is 0 Å². The van der Waals surface area contributed by atoms with Crippen molar-refractivity contribution in [3.63, 3.8) is 0 Å². The van der Waals surface area contributed by atoms with Gasteiger partial charge in [-0.2, -0.15) is 0 Å². The highest BCUT2D eigenvalue weighted by Gasteiger charge is 2.27. The van der Waals surface area contributed by atoms with Gasteiger partial charge in [0.15, 0.2) is 11.0 Å². The zero-order valence-electron chi connectivity index (χ0n) is 16.8. The quantitative estimate of drug-likeness (QED) is 0.688. The van der Waals surface area contributed by atoms with Gasteiger partial charge in [-0.3, -0.25) is 4.79 Å². The Balaban J connectivity index is 1.68. The normalized spacial score (nSPS) is 15.3. The fourth-order valence-electron chi connectivity index (χ4n) is 3.95. The van der Waals surface area contributed by atoms with Gasteiger partial charge in [-0.1, -0.05) is 54.8 Å². The number of hydrogen-bond donors (Lipinski definition) is 0. The Kier molecular flexibility index (Phi) is 6.58. The van der Waals surface area contributed by atoms with Crippen LogP contribution in [0.5, 0.6) is 0 Å². The molecule has 146 valence electrons. The van der Waals surface area contributed by atoms with E-state index in [-0.39, 0.29) is 11.9 Å². The van der Waals surface area contributed by atoms with Gasteiger partial charge in [0.25, 0.3) is 0 Å². The maximum atomic E-state index is 12.9. The van der Waals surface area contributed by atoms with Gasteiger partial charge in [-0.15, -0.1) is 10.2 Å². The molecule has 5 nitrogen and oxygen atoms in total. The number of aryl methyl sites for hydroxylation is 1. The smallest absolute Gasteiger partial charge is 0.233 e. The number of thioether (sulfide) groups is 1. The van der Waals surface area contributed by atoms with E-state index in [1.165, 1.54) is 36.6 Å². The van der Waals surface area contributed by atoms with Gasteiger partial charge in [0.05, 0.1) is 5.75 Å². The van der Waals surface area contributed by atoms with E-state index in [0.29, 0.717) is 11.8 Å². The molecule has 3 rings (SSSR count). The first-order chi connectivity index (χ1) is 13.0. The lowest BCUT2D eigenvalue weighted by Gasteiger charge is -2.37. The SMILES string of the molecule is Cc1cccc(-c2nnc(SCC(=O)N(C(C)C)C3CCCCC3)n2C)c1. The summed E-state index contributed by atoms with van der Waals surface area (Å²) >= 11 is 1.48. The number of aromatic nitrogens is 3. The van der Waals surface area contributed by atoms with Crippen LogP contribution in [-0.2, 0) is 11.8 Å². The molecule has 1 heterocycles. The number of benzene rings is 1. The molecular weight excluding hydrogens is 356 g/mol. The van der Waals surface area contributed by atoms with E-state index in [2.05, 4.69) is 48.0 Å². The van der Waals surface area contributed by atoms with Crippen LogP contribution in [0.25, 0.3) is 11.4 Å². The molecule has 0 radical (unpaired) electrons. The minimum absolute atomic E-state index is 0.210. The van der Waals surface area contributed by atoms with Crippen molar-refractivity contribution in [1.29, 1.82) is 0 Å². The number of nitrogens with zero attached hydrogens (tertiary/aromatic N) is 4. The molecule has 0 bridgehead atoms. The lowest BCUT2D eigenvalue weighted by atomic mass is 9.93. The van der Waals surface area contributed by atoms with E-state index in [9.17, 15) is 4.79 Å². The average Bonchev–Trinajstić information content (AvgIpc) is 3.01. The Hall–Kier alpha value is -1.82. The zero-order valence-corrected chi connectivity index (χ0v) is 17.6. The average molecular weight is 387 g/mol. The largest absolute Gasteiger partial charge is 0.337 e. The fraction of sp³-hybridized carbons (Fsp3) is 0.571. The Labute approximate surface area is 166 Å². The van der Waals surface area contributed by atoms with Crippen LogP contribution in [0.1, 0.15) is 51.5 Å². The van der Waals surface area contributed by atoms with E-state index < -0.39 is 0 Å².